The van der Waals surface area contributed by atoms with Crippen molar-refractivity contribution in [3.63, 3.8) is 0 Å². The third kappa shape index (κ3) is 3.42. The van der Waals surface area contributed by atoms with Crippen LogP contribution in [0.3, 0.4) is 0 Å². The molecule has 0 aromatic heterocycles. The first-order valence-corrected chi connectivity index (χ1v) is 6.50. The zero-order chi connectivity index (χ0) is 13.0. The summed E-state index contributed by atoms with van der Waals surface area (Å²) in [6.07, 6.45) is 2.53. The number of hydrogen-bond donors (Lipinski definition) is 1. The van der Waals surface area contributed by atoms with E-state index in [0.29, 0.717) is 32.2 Å². The molecule has 1 fully saturated rings. The standard InChI is InChI=1S/C15H19NO2/c1-11-3-2-4-12(9-11)10-16-15(18)13-5-7-14(17)8-6-13/h2-4,9,13H,5-8,10H2,1H3,(H,16,18). The number of hydrogen-bond acceptors (Lipinski definition) is 2. The van der Waals surface area contributed by atoms with Crippen LogP contribution in [0.1, 0.15) is 36.8 Å². The lowest BCUT2D eigenvalue weighted by Gasteiger charge is -2.20. The highest BCUT2D eigenvalue weighted by atomic mass is 16.2. The van der Waals surface area contributed by atoms with E-state index in [1.165, 1.54) is 5.56 Å². The molecule has 1 aliphatic rings. The summed E-state index contributed by atoms with van der Waals surface area (Å²) in [6.45, 7) is 2.61. The number of ketones is 1. The Kier molecular flexibility index (Phi) is 4.13. The molecule has 0 aliphatic heterocycles. The molecule has 0 bridgehead atoms. The average Bonchev–Trinajstić information content (AvgIpc) is 2.37. The molecule has 1 saturated carbocycles. The van der Waals surface area contributed by atoms with Crippen LogP contribution in [0.4, 0.5) is 0 Å². The van der Waals surface area contributed by atoms with Crippen LogP contribution in [0, 0.1) is 12.8 Å². The van der Waals surface area contributed by atoms with Gasteiger partial charge < -0.3 is 5.32 Å². The minimum atomic E-state index is 0.0208. The summed E-state index contributed by atoms with van der Waals surface area (Å²) in [6, 6.07) is 8.12. The lowest BCUT2D eigenvalue weighted by atomic mass is 9.88. The van der Waals surface area contributed by atoms with E-state index in [4.69, 9.17) is 0 Å². The van der Waals surface area contributed by atoms with Crippen molar-refractivity contribution in [2.75, 3.05) is 0 Å². The number of aryl methyl sites for hydroxylation is 1. The van der Waals surface area contributed by atoms with Gasteiger partial charge >= 0.3 is 0 Å². The van der Waals surface area contributed by atoms with Crippen molar-refractivity contribution in [3.05, 3.63) is 35.4 Å². The second-order valence-corrected chi connectivity index (χ2v) is 5.02. The molecule has 3 heteroatoms. The molecule has 3 nitrogen and oxygen atoms in total. The third-order valence-corrected chi connectivity index (χ3v) is 3.46. The van der Waals surface area contributed by atoms with E-state index in [1.54, 1.807) is 0 Å². The summed E-state index contributed by atoms with van der Waals surface area (Å²) in [5.41, 5.74) is 2.32. The molecular formula is C15H19NO2. The number of carbonyl (C=O) groups is 2. The van der Waals surface area contributed by atoms with E-state index in [1.807, 2.05) is 25.1 Å². The predicted octanol–water partition coefficient (Wildman–Crippen LogP) is 2.37. The summed E-state index contributed by atoms with van der Waals surface area (Å²) in [7, 11) is 0. The zero-order valence-corrected chi connectivity index (χ0v) is 10.7. The van der Waals surface area contributed by atoms with Gasteiger partial charge in [-0.25, -0.2) is 0 Å². The molecule has 18 heavy (non-hydrogen) atoms. The smallest absolute Gasteiger partial charge is 0.223 e. The summed E-state index contributed by atoms with van der Waals surface area (Å²) < 4.78 is 0. The van der Waals surface area contributed by atoms with Gasteiger partial charge in [-0.15, -0.1) is 0 Å². The Morgan fingerprint density at radius 3 is 2.72 bits per heavy atom. The molecule has 96 valence electrons. The van der Waals surface area contributed by atoms with Crippen molar-refractivity contribution >= 4 is 11.7 Å². The monoisotopic (exact) mass is 245 g/mol. The quantitative estimate of drug-likeness (QED) is 0.888. The largest absolute Gasteiger partial charge is 0.352 e. The van der Waals surface area contributed by atoms with Gasteiger partial charge in [-0.2, -0.15) is 0 Å². The van der Waals surface area contributed by atoms with E-state index in [-0.39, 0.29) is 17.6 Å². The summed E-state index contributed by atoms with van der Waals surface area (Å²) in [5.74, 6) is 0.397. The lowest BCUT2D eigenvalue weighted by molar-refractivity contribution is -0.128. The Hall–Kier alpha value is -1.64. The number of amides is 1. The van der Waals surface area contributed by atoms with Gasteiger partial charge in [0.1, 0.15) is 5.78 Å². The zero-order valence-electron chi connectivity index (χ0n) is 10.7. The molecule has 1 N–H and O–H groups in total. The van der Waals surface area contributed by atoms with Gasteiger partial charge in [0.15, 0.2) is 0 Å². The van der Waals surface area contributed by atoms with E-state index in [2.05, 4.69) is 11.4 Å². The van der Waals surface area contributed by atoms with E-state index in [0.717, 1.165) is 5.56 Å². The highest BCUT2D eigenvalue weighted by molar-refractivity contribution is 5.84. The van der Waals surface area contributed by atoms with Crippen LogP contribution in [-0.4, -0.2) is 11.7 Å². The van der Waals surface area contributed by atoms with Gasteiger partial charge in [0, 0.05) is 25.3 Å². The Morgan fingerprint density at radius 1 is 1.33 bits per heavy atom. The van der Waals surface area contributed by atoms with Gasteiger partial charge in [-0.3, -0.25) is 9.59 Å². The number of carbonyl (C=O) groups excluding carboxylic acids is 2. The Balaban J connectivity index is 1.83. The Bertz CT molecular complexity index is 444. The van der Waals surface area contributed by atoms with Gasteiger partial charge in [-0.1, -0.05) is 29.8 Å². The first kappa shape index (κ1) is 12.8. The highest BCUT2D eigenvalue weighted by Crippen LogP contribution is 2.21. The van der Waals surface area contributed by atoms with Crippen LogP contribution in [0.2, 0.25) is 0 Å². The normalized spacial score (nSPS) is 16.6. The Labute approximate surface area is 108 Å². The van der Waals surface area contributed by atoms with Crippen LogP contribution >= 0.6 is 0 Å². The first-order chi connectivity index (χ1) is 8.65. The maximum absolute atomic E-state index is 11.9. The fourth-order valence-corrected chi connectivity index (χ4v) is 2.36. The maximum atomic E-state index is 11.9. The molecule has 0 unspecified atom stereocenters. The van der Waals surface area contributed by atoms with Crippen molar-refractivity contribution in [3.8, 4) is 0 Å². The number of nitrogens with one attached hydrogen (secondary N) is 1. The highest BCUT2D eigenvalue weighted by Gasteiger charge is 2.24. The predicted molar refractivity (Wildman–Crippen MR) is 70.0 cm³/mol. The minimum absolute atomic E-state index is 0.0208. The van der Waals surface area contributed by atoms with Crippen LogP contribution in [0.25, 0.3) is 0 Å². The van der Waals surface area contributed by atoms with E-state index in [9.17, 15) is 9.59 Å². The van der Waals surface area contributed by atoms with Gasteiger partial charge in [-0.05, 0) is 25.3 Å². The molecule has 0 atom stereocenters. The molecule has 1 aromatic rings. The van der Waals surface area contributed by atoms with Crippen LogP contribution in [0.5, 0.6) is 0 Å². The summed E-state index contributed by atoms with van der Waals surface area (Å²) >= 11 is 0. The summed E-state index contributed by atoms with van der Waals surface area (Å²) in [4.78, 5) is 23.1. The van der Waals surface area contributed by atoms with Crippen LogP contribution in [-0.2, 0) is 16.1 Å². The third-order valence-electron chi connectivity index (χ3n) is 3.46. The second-order valence-electron chi connectivity index (χ2n) is 5.02. The number of Topliss-reactive ketones (excluding diaryl/α,β-unsaturated/α-hetero) is 1. The first-order valence-electron chi connectivity index (χ1n) is 6.50. The maximum Gasteiger partial charge on any atom is 0.223 e. The summed E-state index contributed by atoms with van der Waals surface area (Å²) in [5, 5.41) is 2.96. The van der Waals surface area contributed by atoms with Gasteiger partial charge in [0.05, 0.1) is 0 Å². The van der Waals surface area contributed by atoms with Crippen LogP contribution < -0.4 is 5.32 Å². The van der Waals surface area contributed by atoms with Crippen molar-refractivity contribution in [1.82, 2.24) is 5.32 Å². The molecular weight excluding hydrogens is 226 g/mol. The minimum Gasteiger partial charge on any atom is -0.352 e. The topological polar surface area (TPSA) is 46.2 Å². The molecule has 1 amide bonds. The molecule has 0 radical (unpaired) electrons. The van der Waals surface area contributed by atoms with Gasteiger partial charge in [0.25, 0.3) is 0 Å². The van der Waals surface area contributed by atoms with E-state index >= 15 is 0 Å². The molecule has 1 aromatic carbocycles. The van der Waals surface area contributed by atoms with Crippen LogP contribution in [0.15, 0.2) is 24.3 Å². The van der Waals surface area contributed by atoms with Crippen molar-refractivity contribution in [2.24, 2.45) is 5.92 Å². The fourth-order valence-electron chi connectivity index (χ4n) is 2.36. The van der Waals surface area contributed by atoms with Crippen molar-refractivity contribution < 1.29 is 9.59 Å². The SMILES string of the molecule is Cc1cccc(CNC(=O)C2CCC(=O)CC2)c1. The molecule has 0 heterocycles. The Morgan fingerprint density at radius 2 is 2.06 bits per heavy atom. The number of benzene rings is 1. The van der Waals surface area contributed by atoms with Gasteiger partial charge in [0.2, 0.25) is 5.91 Å². The van der Waals surface area contributed by atoms with Crippen molar-refractivity contribution in [1.29, 1.82) is 0 Å². The lowest BCUT2D eigenvalue weighted by Crippen LogP contribution is -2.32. The molecule has 0 saturated heterocycles. The van der Waals surface area contributed by atoms with E-state index < -0.39 is 0 Å². The second kappa shape index (κ2) is 5.80. The molecule has 2 rings (SSSR count). The molecule has 1 aliphatic carbocycles. The molecule has 0 spiro atoms. The number of rotatable bonds is 3. The fraction of sp³-hybridized carbons (Fsp3) is 0.467. The average molecular weight is 245 g/mol. The van der Waals surface area contributed by atoms with Crippen molar-refractivity contribution in [2.45, 2.75) is 39.2 Å².